The number of hydrogen-bond donors (Lipinski definition) is 1. The van der Waals surface area contributed by atoms with Gasteiger partial charge in [-0.1, -0.05) is 42.1 Å². The Morgan fingerprint density at radius 1 is 1.07 bits per heavy atom. The van der Waals surface area contributed by atoms with Gasteiger partial charge in [0.15, 0.2) is 5.16 Å². The molecule has 0 saturated carbocycles. The quantitative estimate of drug-likeness (QED) is 0.579. The van der Waals surface area contributed by atoms with Crippen LogP contribution < -0.4 is 5.73 Å². The van der Waals surface area contributed by atoms with Crippen molar-refractivity contribution in [1.29, 1.82) is 0 Å². The Kier molecular flexibility index (Phi) is 6.46. The number of amides is 1. The van der Waals surface area contributed by atoms with Crippen molar-refractivity contribution in [2.45, 2.75) is 16.7 Å². The van der Waals surface area contributed by atoms with E-state index in [9.17, 15) is 13.6 Å². The molecule has 2 aromatic carbocycles. The highest BCUT2D eigenvalue weighted by molar-refractivity contribution is 7.99. The van der Waals surface area contributed by atoms with Gasteiger partial charge in [-0.3, -0.25) is 9.36 Å². The molecule has 0 aliphatic rings. The van der Waals surface area contributed by atoms with Crippen molar-refractivity contribution in [3.05, 3.63) is 71.6 Å². The zero-order valence-corrected chi connectivity index (χ0v) is 15.8. The Hall–Kier alpha value is -2.39. The third-order valence-electron chi connectivity index (χ3n) is 3.54. The Bertz CT molecular complexity index is 934. The number of thioether (sulfide) groups is 2. The monoisotopic (exact) mass is 406 g/mol. The molecule has 2 N–H and O–H groups in total. The van der Waals surface area contributed by atoms with E-state index in [4.69, 9.17) is 5.73 Å². The van der Waals surface area contributed by atoms with E-state index in [2.05, 4.69) is 10.2 Å². The van der Waals surface area contributed by atoms with Gasteiger partial charge in [-0.05, 0) is 17.7 Å². The van der Waals surface area contributed by atoms with Crippen molar-refractivity contribution < 1.29 is 13.6 Å². The van der Waals surface area contributed by atoms with Crippen molar-refractivity contribution in [2.75, 3.05) is 5.75 Å². The Morgan fingerprint density at radius 2 is 1.85 bits per heavy atom. The second-order valence-electron chi connectivity index (χ2n) is 5.56. The van der Waals surface area contributed by atoms with Crippen molar-refractivity contribution in [3.63, 3.8) is 0 Å². The maximum Gasteiger partial charge on any atom is 0.227 e. The van der Waals surface area contributed by atoms with E-state index >= 15 is 0 Å². The number of halogens is 2. The van der Waals surface area contributed by atoms with E-state index in [-0.39, 0.29) is 11.4 Å². The van der Waals surface area contributed by atoms with Gasteiger partial charge in [0.2, 0.25) is 5.91 Å². The van der Waals surface area contributed by atoms with Crippen molar-refractivity contribution in [2.24, 2.45) is 5.73 Å². The molecule has 1 heterocycles. The third kappa shape index (κ3) is 5.08. The zero-order chi connectivity index (χ0) is 19.2. The summed E-state index contributed by atoms with van der Waals surface area (Å²) in [5.74, 6) is -0.208. The van der Waals surface area contributed by atoms with Gasteiger partial charge in [-0.2, -0.15) is 0 Å². The second kappa shape index (κ2) is 9.01. The van der Waals surface area contributed by atoms with Gasteiger partial charge >= 0.3 is 0 Å². The Balaban J connectivity index is 1.85. The van der Waals surface area contributed by atoms with Gasteiger partial charge < -0.3 is 5.73 Å². The lowest BCUT2D eigenvalue weighted by molar-refractivity contribution is -0.115. The summed E-state index contributed by atoms with van der Waals surface area (Å²) in [5.41, 5.74) is 6.47. The van der Waals surface area contributed by atoms with Gasteiger partial charge in [0.25, 0.3) is 0 Å². The van der Waals surface area contributed by atoms with Crippen LogP contribution in [0.1, 0.15) is 11.4 Å². The second-order valence-corrected chi connectivity index (χ2v) is 7.49. The Labute approximate surface area is 163 Å². The van der Waals surface area contributed by atoms with Crippen molar-refractivity contribution >= 4 is 29.4 Å². The smallest absolute Gasteiger partial charge is 0.227 e. The zero-order valence-electron chi connectivity index (χ0n) is 14.1. The van der Waals surface area contributed by atoms with E-state index in [0.29, 0.717) is 16.7 Å². The highest BCUT2D eigenvalue weighted by Gasteiger charge is 2.18. The first-order chi connectivity index (χ1) is 13.0. The van der Waals surface area contributed by atoms with E-state index < -0.39 is 17.5 Å². The molecule has 0 aliphatic heterocycles. The minimum Gasteiger partial charge on any atom is -0.369 e. The van der Waals surface area contributed by atoms with Crippen LogP contribution >= 0.6 is 23.5 Å². The summed E-state index contributed by atoms with van der Waals surface area (Å²) in [6, 6.07) is 13.2. The number of carbonyl (C=O) groups is 1. The van der Waals surface area contributed by atoms with Gasteiger partial charge in [0, 0.05) is 11.8 Å². The normalized spacial score (nSPS) is 10.9. The molecule has 5 nitrogen and oxygen atoms in total. The highest BCUT2D eigenvalue weighted by Crippen LogP contribution is 2.27. The third-order valence-corrected chi connectivity index (χ3v) is 5.49. The molecule has 0 spiro atoms. The van der Waals surface area contributed by atoms with Crippen LogP contribution in [0.15, 0.2) is 53.7 Å². The highest BCUT2D eigenvalue weighted by atomic mass is 32.2. The first-order valence-corrected chi connectivity index (χ1v) is 10.1. The number of nitrogens with two attached hydrogens (primary N) is 1. The molecule has 1 amide bonds. The van der Waals surface area contributed by atoms with Gasteiger partial charge in [-0.25, -0.2) is 8.78 Å². The first-order valence-electron chi connectivity index (χ1n) is 7.97. The molecule has 0 atom stereocenters. The van der Waals surface area contributed by atoms with Crippen LogP contribution in [0.4, 0.5) is 8.78 Å². The van der Waals surface area contributed by atoms with E-state index in [1.807, 2.05) is 30.3 Å². The molecule has 0 unspecified atom stereocenters. The summed E-state index contributed by atoms with van der Waals surface area (Å²) >= 11 is 2.65. The van der Waals surface area contributed by atoms with E-state index in [1.165, 1.54) is 16.7 Å². The molecule has 3 aromatic rings. The summed E-state index contributed by atoms with van der Waals surface area (Å²) < 4.78 is 29.1. The molecule has 9 heteroatoms. The maximum absolute atomic E-state index is 14.3. The molecule has 3 rings (SSSR count). The number of rotatable bonds is 8. The number of aromatic nitrogens is 3. The standard InChI is InChI=1S/C18H16F2N4OS2/c19-13-6-7-15(14(20)8-13)24-17(22-23-18(24)27-10-16(21)25)11-26-9-12-4-2-1-3-5-12/h1-8H,9-11H2,(H2,21,25). The minimum absolute atomic E-state index is 0.0158. The predicted octanol–water partition coefficient (Wildman–Crippen LogP) is 3.56. The molecule has 0 radical (unpaired) electrons. The first kappa shape index (κ1) is 19.4. The molecule has 140 valence electrons. The largest absolute Gasteiger partial charge is 0.369 e. The van der Waals surface area contributed by atoms with Gasteiger partial charge in [0.05, 0.1) is 17.2 Å². The molecule has 27 heavy (non-hydrogen) atoms. The van der Waals surface area contributed by atoms with Crippen LogP contribution in [-0.2, 0) is 16.3 Å². The number of nitrogens with zero attached hydrogens (tertiary/aromatic N) is 3. The summed E-state index contributed by atoms with van der Waals surface area (Å²) in [4.78, 5) is 11.1. The fourth-order valence-corrected chi connectivity index (χ4v) is 3.96. The summed E-state index contributed by atoms with van der Waals surface area (Å²) in [5, 5.41) is 8.50. The van der Waals surface area contributed by atoms with Crippen molar-refractivity contribution in [3.8, 4) is 5.69 Å². The lowest BCUT2D eigenvalue weighted by atomic mass is 10.2. The van der Waals surface area contributed by atoms with Crippen LogP contribution in [0.3, 0.4) is 0 Å². The SMILES string of the molecule is NC(=O)CSc1nnc(CSCc2ccccc2)n1-c1ccc(F)cc1F. The minimum atomic E-state index is -0.731. The van der Waals surface area contributed by atoms with Gasteiger partial charge in [0.1, 0.15) is 17.5 Å². The lowest BCUT2D eigenvalue weighted by Gasteiger charge is -2.11. The van der Waals surface area contributed by atoms with E-state index in [1.54, 1.807) is 11.8 Å². The molecular weight excluding hydrogens is 390 g/mol. The number of benzene rings is 2. The molecule has 0 aliphatic carbocycles. The van der Waals surface area contributed by atoms with Crippen LogP contribution in [0.2, 0.25) is 0 Å². The summed E-state index contributed by atoms with van der Waals surface area (Å²) in [6.45, 7) is 0. The number of carbonyl (C=O) groups excluding carboxylic acids is 1. The predicted molar refractivity (Wildman–Crippen MR) is 103 cm³/mol. The number of primary amides is 1. The summed E-state index contributed by atoms with van der Waals surface area (Å²) in [6.07, 6.45) is 0. The van der Waals surface area contributed by atoms with Gasteiger partial charge in [-0.15, -0.1) is 22.0 Å². The Morgan fingerprint density at radius 3 is 2.56 bits per heavy atom. The molecular formula is C18H16F2N4OS2. The maximum atomic E-state index is 14.3. The van der Waals surface area contributed by atoms with Crippen molar-refractivity contribution in [1.82, 2.24) is 14.8 Å². The molecule has 0 bridgehead atoms. The summed E-state index contributed by atoms with van der Waals surface area (Å²) in [7, 11) is 0. The average molecular weight is 406 g/mol. The molecule has 0 saturated heterocycles. The van der Waals surface area contributed by atoms with Crippen LogP contribution in [0.25, 0.3) is 5.69 Å². The molecule has 0 fully saturated rings. The fraction of sp³-hybridized carbons (Fsp3) is 0.167. The molecule has 1 aromatic heterocycles. The lowest BCUT2D eigenvalue weighted by Crippen LogP contribution is -2.14. The number of hydrogen-bond acceptors (Lipinski definition) is 5. The van der Waals surface area contributed by atoms with E-state index in [0.717, 1.165) is 29.1 Å². The average Bonchev–Trinajstić information content (AvgIpc) is 3.03. The topological polar surface area (TPSA) is 73.8 Å². The van der Waals surface area contributed by atoms with Crippen LogP contribution in [0.5, 0.6) is 0 Å². The van der Waals surface area contributed by atoms with Crippen LogP contribution in [0, 0.1) is 11.6 Å². The van der Waals surface area contributed by atoms with Crippen LogP contribution in [-0.4, -0.2) is 26.4 Å². The fourth-order valence-electron chi connectivity index (χ4n) is 2.36.